The molecule has 0 amide bonds. The molecule has 3 aromatic carbocycles. The maximum absolute atomic E-state index is 13.4. The molecule has 4 rings (SSSR count). The van der Waals surface area contributed by atoms with E-state index in [-0.39, 0.29) is 23.4 Å². The van der Waals surface area contributed by atoms with Crippen LogP contribution in [0.3, 0.4) is 0 Å². The van der Waals surface area contributed by atoms with Gasteiger partial charge in [0.2, 0.25) is 0 Å². The summed E-state index contributed by atoms with van der Waals surface area (Å²) in [6.07, 6.45) is -4.16. The van der Waals surface area contributed by atoms with Gasteiger partial charge in [0.1, 0.15) is 5.75 Å². The average Bonchev–Trinajstić information content (AvgIpc) is 2.88. The molecule has 0 radical (unpaired) electrons. The number of rotatable bonds is 7. The first-order valence-corrected chi connectivity index (χ1v) is 11.3. The van der Waals surface area contributed by atoms with E-state index in [4.69, 9.17) is 9.47 Å². The summed E-state index contributed by atoms with van der Waals surface area (Å²) in [5, 5.41) is 4.53. The Hall–Kier alpha value is -4.47. The predicted octanol–water partition coefficient (Wildman–Crippen LogP) is 5.29. The number of carbonyl (C=O) groups excluding carboxylic acids is 1. The summed E-state index contributed by atoms with van der Waals surface area (Å²) in [4.78, 5) is 29.8. The van der Waals surface area contributed by atoms with Crippen molar-refractivity contribution in [2.75, 3.05) is 6.61 Å². The third kappa shape index (κ3) is 5.69. The second-order valence-corrected chi connectivity index (χ2v) is 7.94. The molecule has 0 saturated carbocycles. The van der Waals surface area contributed by atoms with E-state index in [0.29, 0.717) is 16.8 Å². The van der Waals surface area contributed by atoms with Gasteiger partial charge in [0, 0.05) is 11.1 Å². The lowest BCUT2D eigenvalue weighted by molar-refractivity contribution is -0.150. The van der Waals surface area contributed by atoms with Crippen LogP contribution >= 0.6 is 0 Å². The van der Waals surface area contributed by atoms with Crippen LogP contribution in [-0.2, 0) is 15.7 Å². The SMILES string of the molecule is CCOC(=O)[C@@H](C)Oc1ccccc1C=Nn1c(-c2cccc(C(F)(F)F)c2)nc2ccccc2c1=O. The average molecular weight is 509 g/mol. The molecule has 0 aliphatic carbocycles. The van der Waals surface area contributed by atoms with Gasteiger partial charge < -0.3 is 9.47 Å². The lowest BCUT2D eigenvalue weighted by Gasteiger charge is -2.15. The molecule has 37 heavy (non-hydrogen) atoms. The number of ether oxygens (including phenoxy) is 2. The van der Waals surface area contributed by atoms with Gasteiger partial charge in [-0.3, -0.25) is 4.79 Å². The van der Waals surface area contributed by atoms with E-state index in [9.17, 15) is 22.8 Å². The second-order valence-electron chi connectivity index (χ2n) is 7.94. The summed E-state index contributed by atoms with van der Waals surface area (Å²) in [5.74, 6) is -0.311. The van der Waals surface area contributed by atoms with Crippen molar-refractivity contribution in [3.63, 3.8) is 0 Å². The third-order valence-corrected chi connectivity index (χ3v) is 5.36. The highest BCUT2D eigenvalue weighted by atomic mass is 19.4. The fourth-order valence-electron chi connectivity index (χ4n) is 3.56. The molecule has 0 N–H and O–H groups in total. The zero-order valence-corrected chi connectivity index (χ0v) is 19.9. The summed E-state index contributed by atoms with van der Waals surface area (Å²) >= 11 is 0. The summed E-state index contributed by atoms with van der Waals surface area (Å²) < 4.78 is 51.8. The highest BCUT2D eigenvalue weighted by Crippen LogP contribution is 2.32. The summed E-state index contributed by atoms with van der Waals surface area (Å²) in [6, 6.07) is 17.7. The van der Waals surface area contributed by atoms with Gasteiger partial charge in [-0.1, -0.05) is 36.4 Å². The fourth-order valence-corrected chi connectivity index (χ4v) is 3.56. The minimum Gasteiger partial charge on any atom is -0.478 e. The topological polar surface area (TPSA) is 82.8 Å². The Morgan fingerprint density at radius 1 is 1.08 bits per heavy atom. The zero-order chi connectivity index (χ0) is 26.6. The summed E-state index contributed by atoms with van der Waals surface area (Å²) in [7, 11) is 0. The number of hydrogen-bond donors (Lipinski definition) is 0. The van der Waals surface area contributed by atoms with Crippen molar-refractivity contribution in [3.05, 3.63) is 94.3 Å². The van der Waals surface area contributed by atoms with Gasteiger partial charge in [0.05, 0.1) is 29.3 Å². The number of aromatic nitrogens is 2. The molecular formula is C27H22F3N3O4. The van der Waals surface area contributed by atoms with Crippen molar-refractivity contribution in [1.82, 2.24) is 9.66 Å². The van der Waals surface area contributed by atoms with E-state index < -0.39 is 29.4 Å². The highest BCUT2D eigenvalue weighted by molar-refractivity contribution is 5.85. The standard InChI is InChI=1S/C27H22F3N3O4/c1-3-36-26(35)17(2)37-23-14-7-4-9-19(23)16-31-33-24(18-10-8-11-20(15-18)27(28,29)30)32-22-13-6-5-12-21(22)25(33)34/h4-17H,3H2,1-2H3/t17-/m1/s1. The first-order valence-electron chi connectivity index (χ1n) is 11.3. The van der Waals surface area contributed by atoms with Gasteiger partial charge in [-0.2, -0.15) is 22.9 Å². The van der Waals surface area contributed by atoms with Crippen LogP contribution < -0.4 is 10.3 Å². The molecule has 1 heterocycles. The predicted molar refractivity (Wildman–Crippen MR) is 133 cm³/mol. The number of esters is 1. The number of fused-ring (bicyclic) bond motifs is 1. The molecule has 190 valence electrons. The van der Waals surface area contributed by atoms with Crippen LogP contribution in [0.1, 0.15) is 25.0 Å². The maximum Gasteiger partial charge on any atom is 0.416 e. The highest BCUT2D eigenvalue weighted by Gasteiger charge is 2.31. The van der Waals surface area contributed by atoms with Crippen LogP contribution in [0, 0.1) is 0 Å². The quantitative estimate of drug-likeness (QED) is 0.250. The van der Waals surface area contributed by atoms with Gasteiger partial charge in [-0.15, -0.1) is 0 Å². The van der Waals surface area contributed by atoms with Crippen molar-refractivity contribution < 1.29 is 27.4 Å². The molecule has 0 fully saturated rings. The van der Waals surface area contributed by atoms with E-state index in [1.807, 2.05) is 0 Å². The van der Waals surface area contributed by atoms with Crippen LogP contribution in [0.4, 0.5) is 13.2 Å². The molecule has 7 nitrogen and oxygen atoms in total. The maximum atomic E-state index is 13.4. The fraction of sp³-hybridized carbons (Fsp3) is 0.185. The van der Waals surface area contributed by atoms with Crippen LogP contribution in [0.15, 0.2) is 82.7 Å². The van der Waals surface area contributed by atoms with Gasteiger partial charge in [-0.05, 0) is 50.2 Å². The molecule has 0 aliphatic rings. The van der Waals surface area contributed by atoms with Gasteiger partial charge >= 0.3 is 12.1 Å². The number of para-hydroxylation sites is 2. The molecule has 4 aromatic rings. The number of carbonyl (C=O) groups is 1. The second kappa shape index (κ2) is 10.7. The van der Waals surface area contributed by atoms with E-state index in [0.717, 1.165) is 16.8 Å². The Morgan fingerprint density at radius 2 is 1.81 bits per heavy atom. The van der Waals surface area contributed by atoms with Crippen molar-refractivity contribution in [3.8, 4) is 17.1 Å². The van der Waals surface area contributed by atoms with Gasteiger partial charge in [0.15, 0.2) is 11.9 Å². The summed E-state index contributed by atoms with van der Waals surface area (Å²) in [5.41, 5.74) is -0.635. The van der Waals surface area contributed by atoms with Crippen molar-refractivity contribution in [2.24, 2.45) is 5.10 Å². The Bertz CT molecular complexity index is 1530. The molecule has 0 unspecified atom stereocenters. The zero-order valence-electron chi connectivity index (χ0n) is 19.9. The molecule has 0 saturated heterocycles. The lowest BCUT2D eigenvalue weighted by atomic mass is 10.1. The van der Waals surface area contributed by atoms with E-state index in [2.05, 4.69) is 10.1 Å². The van der Waals surface area contributed by atoms with Gasteiger partial charge in [0.25, 0.3) is 5.56 Å². The summed E-state index contributed by atoms with van der Waals surface area (Å²) in [6.45, 7) is 3.42. The number of halogens is 3. The molecule has 0 bridgehead atoms. The van der Waals surface area contributed by atoms with Crippen LogP contribution in [0.5, 0.6) is 5.75 Å². The monoisotopic (exact) mass is 509 g/mol. The first-order chi connectivity index (χ1) is 17.7. The minimum absolute atomic E-state index is 0.0651. The van der Waals surface area contributed by atoms with E-state index in [1.165, 1.54) is 25.3 Å². The van der Waals surface area contributed by atoms with Gasteiger partial charge in [-0.25, -0.2) is 9.78 Å². The Labute approximate surface area is 209 Å². The Kier molecular flexibility index (Phi) is 7.37. The lowest BCUT2D eigenvalue weighted by Crippen LogP contribution is -2.26. The molecule has 10 heteroatoms. The van der Waals surface area contributed by atoms with Crippen molar-refractivity contribution in [2.45, 2.75) is 26.1 Å². The normalized spacial score (nSPS) is 12.6. The van der Waals surface area contributed by atoms with Crippen LogP contribution in [0.25, 0.3) is 22.3 Å². The minimum atomic E-state index is -4.58. The number of benzene rings is 3. The molecule has 1 aromatic heterocycles. The van der Waals surface area contributed by atoms with Crippen molar-refractivity contribution >= 4 is 23.1 Å². The molecule has 0 aliphatic heterocycles. The Balaban J connectivity index is 1.82. The molecule has 1 atom stereocenters. The van der Waals surface area contributed by atoms with Crippen LogP contribution in [-0.4, -0.2) is 34.6 Å². The largest absolute Gasteiger partial charge is 0.478 e. The number of hydrogen-bond acceptors (Lipinski definition) is 6. The van der Waals surface area contributed by atoms with Crippen molar-refractivity contribution in [1.29, 1.82) is 0 Å². The molecular weight excluding hydrogens is 487 g/mol. The first kappa shape index (κ1) is 25.6. The van der Waals surface area contributed by atoms with E-state index in [1.54, 1.807) is 55.5 Å². The smallest absolute Gasteiger partial charge is 0.416 e. The number of alkyl halides is 3. The molecule has 0 spiro atoms. The van der Waals surface area contributed by atoms with Crippen LogP contribution in [0.2, 0.25) is 0 Å². The van der Waals surface area contributed by atoms with E-state index >= 15 is 0 Å². The Morgan fingerprint density at radius 3 is 2.57 bits per heavy atom. The number of nitrogens with zero attached hydrogens (tertiary/aromatic N) is 3. The third-order valence-electron chi connectivity index (χ3n) is 5.36.